The number of benzene rings is 3. The van der Waals surface area contributed by atoms with E-state index in [2.05, 4.69) is 90.2 Å². The van der Waals surface area contributed by atoms with E-state index in [4.69, 9.17) is 5.73 Å². The van der Waals surface area contributed by atoms with Crippen molar-refractivity contribution in [2.45, 2.75) is 47.3 Å². The summed E-state index contributed by atoms with van der Waals surface area (Å²) in [5.41, 5.74) is 12.0. The molecule has 0 spiro atoms. The minimum atomic E-state index is -0.0566. The van der Waals surface area contributed by atoms with Gasteiger partial charge in [0.2, 0.25) is 5.91 Å². The lowest BCUT2D eigenvalue weighted by molar-refractivity contribution is -0.114. The summed E-state index contributed by atoms with van der Waals surface area (Å²) in [6.07, 6.45) is 0. The number of aryl methyl sites for hydroxylation is 1. The number of hydrogen-bond acceptors (Lipinski definition) is 3. The highest BCUT2D eigenvalue weighted by Gasteiger charge is 2.21. The molecule has 178 valence electrons. The van der Waals surface area contributed by atoms with Gasteiger partial charge in [-0.15, -0.1) is 0 Å². The van der Waals surface area contributed by atoms with Crippen LogP contribution in [0.25, 0.3) is 21.8 Å². The molecule has 0 saturated carbocycles. The van der Waals surface area contributed by atoms with Crippen molar-refractivity contribution in [3.8, 4) is 0 Å². The predicted molar refractivity (Wildman–Crippen MR) is 143 cm³/mol. The van der Waals surface area contributed by atoms with Gasteiger partial charge in [-0.1, -0.05) is 50.2 Å². The molecule has 1 aromatic heterocycles. The lowest BCUT2D eigenvalue weighted by atomic mass is 9.92. The number of para-hydroxylation sites is 1. The van der Waals surface area contributed by atoms with Crippen LogP contribution >= 0.6 is 0 Å². The maximum atomic E-state index is 11.3. The fourth-order valence-electron chi connectivity index (χ4n) is 4.79. The van der Waals surface area contributed by atoms with Crippen molar-refractivity contribution in [1.82, 2.24) is 9.47 Å². The predicted octanol–water partition coefficient (Wildman–Crippen LogP) is 5.76. The number of amides is 1. The van der Waals surface area contributed by atoms with E-state index >= 15 is 0 Å². The number of nitrogens with two attached hydrogens (primary N) is 1. The first-order valence-corrected chi connectivity index (χ1v) is 12.1. The first-order chi connectivity index (χ1) is 16.3. The van der Waals surface area contributed by atoms with E-state index < -0.39 is 0 Å². The number of nitrogens with one attached hydrogen (secondary N) is 1. The molecule has 0 saturated heterocycles. The van der Waals surface area contributed by atoms with Gasteiger partial charge < -0.3 is 15.6 Å². The molecule has 0 aliphatic heterocycles. The highest BCUT2D eigenvalue weighted by molar-refractivity contribution is 6.08. The van der Waals surface area contributed by atoms with Crippen molar-refractivity contribution in [3.63, 3.8) is 0 Å². The smallest absolute Gasteiger partial charge is 0.221 e. The molecule has 1 amide bonds. The quantitative estimate of drug-likeness (QED) is 0.337. The number of hydrogen-bond donors (Lipinski definition) is 2. The van der Waals surface area contributed by atoms with Gasteiger partial charge in [-0.05, 0) is 60.3 Å². The maximum absolute atomic E-state index is 11.3. The minimum absolute atomic E-state index is 0.0124. The molecule has 3 N–H and O–H groups in total. The molecule has 0 atom stereocenters. The zero-order valence-electron chi connectivity index (χ0n) is 20.8. The van der Waals surface area contributed by atoms with Crippen LogP contribution in [0.5, 0.6) is 0 Å². The van der Waals surface area contributed by atoms with E-state index in [0.29, 0.717) is 6.54 Å². The van der Waals surface area contributed by atoms with Crippen molar-refractivity contribution in [2.24, 2.45) is 11.1 Å². The SMILES string of the molecule is CCn1c2ccccc2c2cc(CN(Cc3ccc(NC(C)=O)cc3)CC(C)(C)CN)ccc21. The molecular formula is C29H36N4O. The van der Waals surface area contributed by atoms with Crippen molar-refractivity contribution < 1.29 is 4.79 Å². The van der Waals surface area contributed by atoms with Gasteiger partial charge in [0.15, 0.2) is 0 Å². The van der Waals surface area contributed by atoms with Crippen molar-refractivity contribution >= 4 is 33.4 Å². The van der Waals surface area contributed by atoms with Crippen molar-refractivity contribution in [1.29, 1.82) is 0 Å². The van der Waals surface area contributed by atoms with E-state index in [9.17, 15) is 4.79 Å². The summed E-state index contributed by atoms with van der Waals surface area (Å²) in [6.45, 7) is 12.3. The Morgan fingerprint density at radius 1 is 0.941 bits per heavy atom. The molecule has 0 radical (unpaired) electrons. The number of fused-ring (bicyclic) bond motifs is 3. The van der Waals surface area contributed by atoms with Crippen LogP contribution in [-0.2, 0) is 24.4 Å². The first-order valence-electron chi connectivity index (χ1n) is 12.1. The molecule has 5 heteroatoms. The molecule has 3 aromatic carbocycles. The molecule has 4 rings (SSSR count). The van der Waals surface area contributed by atoms with Crippen LogP contribution in [0, 0.1) is 5.41 Å². The van der Waals surface area contributed by atoms with E-state index in [1.54, 1.807) is 0 Å². The van der Waals surface area contributed by atoms with E-state index in [1.807, 2.05) is 12.1 Å². The fraction of sp³-hybridized carbons (Fsp3) is 0.345. The summed E-state index contributed by atoms with van der Waals surface area (Å²) < 4.78 is 2.39. The molecule has 4 aromatic rings. The average molecular weight is 457 g/mol. The van der Waals surface area contributed by atoms with Crippen LogP contribution < -0.4 is 11.1 Å². The van der Waals surface area contributed by atoms with E-state index in [0.717, 1.165) is 31.9 Å². The highest BCUT2D eigenvalue weighted by atomic mass is 16.1. The van der Waals surface area contributed by atoms with Crippen molar-refractivity contribution in [2.75, 3.05) is 18.4 Å². The molecule has 0 fully saturated rings. The first kappa shape index (κ1) is 24.0. The maximum Gasteiger partial charge on any atom is 0.221 e. The second kappa shape index (κ2) is 10.00. The molecule has 0 aliphatic rings. The third kappa shape index (κ3) is 5.32. The number of carbonyl (C=O) groups is 1. The lowest BCUT2D eigenvalue weighted by Crippen LogP contribution is -2.38. The number of anilines is 1. The van der Waals surface area contributed by atoms with Crippen molar-refractivity contribution in [3.05, 3.63) is 77.9 Å². The second-order valence-electron chi connectivity index (χ2n) is 10.0. The molecule has 0 unspecified atom stereocenters. The summed E-state index contributed by atoms with van der Waals surface area (Å²) in [5, 5.41) is 5.46. The topological polar surface area (TPSA) is 63.3 Å². The van der Waals surface area contributed by atoms with Crippen LogP contribution in [0.15, 0.2) is 66.7 Å². The van der Waals surface area contributed by atoms with Gasteiger partial charge in [0.25, 0.3) is 0 Å². The Kier molecular flexibility index (Phi) is 7.05. The van der Waals surface area contributed by atoms with Gasteiger partial charge in [-0.25, -0.2) is 0 Å². The van der Waals surface area contributed by atoms with Gasteiger partial charge in [-0.2, -0.15) is 0 Å². The van der Waals surface area contributed by atoms with Gasteiger partial charge in [-0.3, -0.25) is 9.69 Å². The van der Waals surface area contributed by atoms with Crippen LogP contribution in [0.4, 0.5) is 5.69 Å². The zero-order valence-corrected chi connectivity index (χ0v) is 20.8. The highest BCUT2D eigenvalue weighted by Crippen LogP contribution is 2.30. The molecule has 1 heterocycles. The Balaban J connectivity index is 1.63. The second-order valence-corrected chi connectivity index (χ2v) is 10.0. The van der Waals surface area contributed by atoms with Crippen LogP contribution in [0.1, 0.15) is 38.8 Å². The Hall–Kier alpha value is -3.15. The lowest BCUT2D eigenvalue weighted by Gasteiger charge is -2.32. The standard InChI is InChI=1S/C29H36N4O/c1-5-33-27-9-7-6-8-25(27)26-16-23(12-15-28(26)33)18-32(20-29(3,4)19-30)17-22-10-13-24(14-11-22)31-21(2)34/h6-16H,5,17-20,30H2,1-4H3,(H,31,34). The van der Waals surface area contributed by atoms with Gasteiger partial charge in [0, 0.05) is 60.6 Å². The van der Waals surface area contributed by atoms with Crippen LogP contribution in [0.3, 0.4) is 0 Å². The molecule has 0 bridgehead atoms. The normalized spacial score (nSPS) is 12.1. The number of rotatable bonds is 9. The average Bonchev–Trinajstić information content (AvgIpc) is 3.13. The summed E-state index contributed by atoms with van der Waals surface area (Å²) in [4.78, 5) is 13.8. The Morgan fingerprint density at radius 3 is 2.26 bits per heavy atom. The Bertz CT molecular complexity index is 1290. The number of aromatic nitrogens is 1. The minimum Gasteiger partial charge on any atom is -0.341 e. The van der Waals surface area contributed by atoms with Gasteiger partial charge in [0.05, 0.1) is 0 Å². The molecule has 5 nitrogen and oxygen atoms in total. The Morgan fingerprint density at radius 2 is 1.59 bits per heavy atom. The van der Waals surface area contributed by atoms with E-state index in [1.165, 1.54) is 39.9 Å². The molecule has 0 aliphatic carbocycles. The molecule has 34 heavy (non-hydrogen) atoms. The Labute approximate surface area is 202 Å². The zero-order chi connectivity index (χ0) is 24.3. The largest absolute Gasteiger partial charge is 0.341 e. The summed E-state index contributed by atoms with van der Waals surface area (Å²) >= 11 is 0. The summed E-state index contributed by atoms with van der Waals surface area (Å²) in [7, 11) is 0. The molecular weight excluding hydrogens is 420 g/mol. The summed E-state index contributed by atoms with van der Waals surface area (Å²) in [5.74, 6) is -0.0566. The third-order valence-electron chi connectivity index (χ3n) is 6.44. The van der Waals surface area contributed by atoms with E-state index in [-0.39, 0.29) is 11.3 Å². The monoisotopic (exact) mass is 456 g/mol. The fourth-order valence-corrected chi connectivity index (χ4v) is 4.79. The van der Waals surface area contributed by atoms with Gasteiger partial charge in [0.1, 0.15) is 0 Å². The number of nitrogens with zero attached hydrogens (tertiary/aromatic N) is 2. The number of carbonyl (C=O) groups excluding carboxylic acids is 1. The van der Waals surface area contributed by atoms with Crippen LogP contribution in [-0.4, -0.2) is 28.5 Å². The van der Waals surface area contributed by atoms with Crippen LogP contribution in [0.2, 0.25) is 0 Å². The van der Waals surface area contributed by atoms with Gasteiger partial charge >= 0.3 is 0 Å². The summed E-state index contributed by atoms with van der Waals surface area (Å²) in [6, 6.07) is 23.7. The third-order valence-corrected chi connectivity index (χ3v) is 6.44.